The summed E-state index contributed by atoms with van der Waals surface area (Å²) in [4.78, 5) is 12.8. The minimum absolute atomic E-state index is 0.740. The number of nitrogens with zero attached hydrogens (tertiary/aromatic N) is 3. The van der Waals surface area contributed by atoms with Gasteiger partial charge < -0.3 is 10.6 Å². The van der Waals surface area contributed by atoms with Gasteiger partial charge in [0.1, 0.15) is 18.0 Å². The number of nitrogens with one attached hydrogen (secondary N) is 2. The van der Waals surface area contributed by atoms with Crippen LogP contribution in [0.15, 0.2) is 24.8 Å². The lowest BCUT2D eigenvalue weighted by Gasteiger charge is -2.14. The van der Waals surface area contributed by atoms with Crippen molar-refractivity contribution in [3.05, 3.63) is 41.5 Å². The summed E-state index contributed by atoms with van der Waals surface area (Å²) in [7, 11) is 0. The zero-order chi connectivity index (χ0) is 14.4. The maximum atomic E-state index is 4.36. The second-order valence-electron chi connectivity index (χ2n) is 4.59. The molecule has 2 N–H and O–H groups in total. The van der Waals surface area contributed by atoms with Crippen LogP contribution in [-0.2, 0) is 13.0 Å². The van der Waals surface area contributed by atoms with Crippen molar-refractivity contribution in [1.29, 1.82) is 0 Å². The van der Waals surface area contributed by atoms with E-state index in [2.05, 4.69) is 46.4 Å². The predicted molar refractivity (Wildman–Crippen MR) is 81.9 cm³/mol. The highest BCUT2D eigenvalue weighted by Crippen LogP contribution is 2.21. The van der Waals surface area contributed by atoms with Crippen LogP contribution in [-0.4, -0.2) is 21.5 Å². The average Bonchev–Trinajstić information content (AvgIpc) is 2.47. The topological polar surface area (TPSA) is 62.7 Å². The minimum atomic E-state index is 0.740. The fraction of sp³-hybridized carbons (Fsp3) is 0.400. The molecule has 106 valence electrons. The molecule has 0 saturated heterocycles. The maximum absolute atomic E-state index is 4.36. The molecule has 0 radical (unpaired) electrons. The molecule has 0 aliphatic heterocycles. The molecule has 2 aromatic heterocycles. The Kier molecular flexibility index (Phi) is 4.87. The van der Waals surface area contributed by atoms with Gasteiger partial charge in [-0.15, -0.1) is 0 Å². The first-order chi connectivity index (χ1) is 9.76. The summed E-state index contributed by atoms with van der Waals surface area (Å²) in [6.45, 7) is 7.84. The largest absolute Gasteiger partial charge is 0.370 e. The molecule has 0 aliphatic rings. The van der Waals surface area contributed by atoms with Crippen LogP contribution in [0.2, 0.25) is 0 Å². The third-order valence-corrected chi connectivity index (χ3v) is 3.23. The molecule has 5 nitrogen and oxygen atoms in total. The molecular weight excluding hydrogens is 250 g/mol. The Morgan fingerprint density at radius 2 is 1.85 bits per heavy atom. The molecule has 0 saturated carbocycles. The van der Waals surface area contributed by atoms with Gasteiger partial charge in [-0.2, -0.15) is 0 Å². The smallest absolute Gasteiger partial charge is 0.134 e. The van der Waals surface area contributed by atoms with E-state index < -0.39 is 0 Å². The second-order valence-corrected chi connectivity index (χ2v) is 4.59. The van der Waals surface area contributed by atoms with E-state index >= 15 is 0 Å². The summed E-state index contributed by atoms with van der Waals surface area (Å²) in [6, 6.07) is 2.03. The number of anilines is 2. The molecule has 0 atom stereocenters. The SMILES string of the molecule is CCNc1ncnc(NCc2ccncc2C)c1CC. The Balaban J connectivity index is 2.17. The molecule has 0 spiro atoms. The Morgan fingerprint density at radius 3 is 2.50 bits per heavy atom. The molecular formula is C15H21N5. The lowest BCUT2D eigenvalue weighted by atomic mass is 10.1. The van der Waals surface area contributed by atoms with Crippen LogP contribution in [0.3, 0.4) is 0 Å². The van der Waals surface area contributed by atoms with Crippen molar-refractivity contribution in [3.63, 3.8) is 0 Å². The standard InChI is InChI=1S/C15H21N5/c1-4-13-14(17-5-2)19-10-20-15(13)18-9-12-6-7-16-8-11(12)3/h6-8,10H,4-5,9H2,1-3H3,(H2,17,18,19,20). The monoisotopic (exact) mass is 271 g/mol. The van der Waals surface area contributed by atoms with Crippen LogP contribution in [0.4, 0.5) is 11.6 Å². The summed E-state index contributed by atoms with van der Waals surface area (Å²) in [6.07, 6.45) is 6.18. The molecule has 2 aromatic rings. The lowest BCUT2D eigenvalue weighted by Crippen LogP contribution is -2.10. The van der Waals surface area contributed by atoms with Crippen molar-refractivity contribution in [2.45, 2.75) is 33.7 Å². The summed E-state index contributed by atoms with van der Waals surface area (Å²) in [5, 5.41) is 6.68. The lowest BCUT2D eigenvalue weighted by molar-refractivity contribution is 0.993. The van der Waals surface area contributed by atoms with Crippen molar-refractivity contribution >= 4 is 11.6 Å². The van der Waals surface area contributed by atoms with Crippen molar-refractivity contribution in [3.8, 4) is 0 Å². The van der Waals surface area contributed by atoms with Crippen molar-refractivity contribution in [2.24, 2.45) is 0 Å². The van der Waals surface area contributed by atoms with Crippen molar-refractivity contribution in [2.75, 3.05) is 17.2 Å². The molecule has 5 heteroatoms. The molecule has 20 heavy (non-hydrogen) atoms. The molecule has 0 unspecified atom stereocenters. The molecule has 0 amide bonds. The van der Waals surface area contributed by atoms with Gasteiger partial charge in [-0.05, 0) is 37.5 Å². The number of rotatable bonds is 6. The first kappa shape index (κ1) is 14.2. The molecule has 0 aliphatic carbocycles. The summed E-state index contributed by atoms with van der Waals surface area (Å²) in [5.74, 6) is 1.81. The molecule has 0 bridgehead atoms. The quantitative estimate of drug-likeness (QED) is 0.846. The maximum Gasteiger partial charge on any atom is 0.134 e. The predicted octanol–water partition coefficient (Wildman–Crippen LogP) is 2.79. The highest BCUT2D eigenvalue weighted by atomic mass is 15.1. The van der Waals surface area contributed by atoms with E-state index in [1.165, 1.54) is 11.1 Å². The van der Waals surface area contributed by atoms with Crippen LogP contribution in [0.1, 0.15) is 30.5 Å². The van der Waals surface area contributed by atoms with Crippen molar-refractivity contribution < 1.29 is 0 Å². The van der Waals surface area contributed by atoms with E-state index in [0.717, 1.165) is 36.7 Å². The third-order valence-electron chi connectivity index (χ3n) is 3.23. The third kappa shape index (κ3) is 3.23. The van der Waals surface area contributed by atoms with E-state index in [9.17, 15) is 0 Å². The molecule has 2 rings (SSSR count). The van der Waals surface area contributed by atoms with Gasteiger partial charge in [0.05, 0.1) is 0 Å². The normalized spacial score (nSPS) is 10.3. The number of pyridine rings is 1. The van der Waals surface area contributed by atoms with Gasteiger partial charge in [0.25, 0.3) is 0 Å². The Bertz CT molecular complexity index is 568. The van der Waals surface area contributed by atoms with Crippen LogP contribution in [0.25, 0.3) is 0 Å². The first-order valence-electron chi connectivity index (χ1n) is 6.97. The van der Waals surface area contributed by atoms with Gasteiger partial charge in [-0.1, -0.05) is 6.92 Å². The Hall–Kier alpha value is -2.17. The number of aryl methyl sites for hydroxylation is 1. The average molecular weight is 271 g/mol. The second kappa shape index (κ2) is 6.84. The van der Waals surface area contributed by atoms with E-state index in [-0.39, 0.29) is 0 Å². The fourth-order valence-electron chi connectivity index (χ4n) is 2.10. The molecule has 2 heterocycles. The van der Waals surface area contributed by atoms with Crippen LogP contribution >= 0.6 is 0 Å². The first-order valence-corrected chi connectivity index (χ1v) is 6.97. The van der Waals surface area contributed by atoms with E-state index in [0.29, 0.717) is 0 Å². The fourth-order valence-corrected chi connectivity index (χ4v) is 2.10. The number of hydrogen-bond acceptors (Lipinski definition) is 5. The van der Waals surface area contributed by atoms with Gasteiger partial charge in [0.2, 0.25) is 0 Å². The summed E-state index contributed by atoms with van der Waals surface area (Å²) < 4.78 is 0. The molecule has 0 aromatic carbocycles. The van der Waals surface area contributed by atoms with E-state index in [4.69, 9.17) is 0 Å². The highest BCUT2D eigenvalue weighted by Gasteiger charge is 2.09. The van der Waals surface area contributed by atoms with Gasteiger partial charge in [0.15, 0.2) is 0 Å². The van der Waals surface area contributed by atoms with Crippen LogP contribution in [0, 0.1) is 6.92 Å². The zero-order valence-corrected chi connectivity index (χ0v) is 12.3. The summed E-state index contributed by atoms with van der Waals surface area (Å²) >= 11 is 0. The minimum Gasteiger partial charge on any atom is -0.370 e. The van der Waals surface area contributed by atoms with Gasteiger partial charge in [-0.3, -0.25) is 4.98 Å². The highest BCUT2D eigenvalue weighted by molar-refractivity contribution is 5.57. The van der Waals surface area contributed by atoms with Gasteiger partial charge in [0, 0.05) is 31.0 Å². The number of hydrogen-bond donors (Lipinski definition) is 2. The van der Waals surface area contributed by atoms with Crippen LogP contribution < -0.4 is 10.6 Å². The Morgan fingerprint density at radius 1 is 1.10 bits per heavy atom. The van der Waals surface area contributed by atoms with E-state index in [1.807, 2.05) is 18.5 Å². The number of aromatic nitrogens is 3. The Labute approximate surface area is 119 Å². The molecule has 0 fully saturated rings. The zero-order valence-electron chi connectivity index (χ0n) is 12.3. The van der Waals surface area contributed by atoms with Crippen LogP contribution in [0.5, 0.6) is 0 Å². The van der Waals surface area contributed by atoms with Gasteiger partial charge >= 0.3 is 0 Å². The van der Waals surface area contributed by atoms with Gasteiger partial charge in [-0.25, -0.2) is 9.97 Å². The van der Waals surface area contributed by atoms with E-state index in [1.54, 1.807) is 6.33 Å². The van der Waals surface area contributed by atoms with Crippen molar-refractivity contribution in [1.82, 2.24) is 15.0 Å². The summed E-state index contributed by atoms with van der Waals surface area (Å²) in [5.41, 5.74) is 3.53.